The van der Waals surface area contributed by atoms with Crippen LogP contribution in [-0.2, 0) is 18.5 Å². The van der Waals surface area contributed by atoms with Gasteiger partial charge in [0, 0.05) is 30.1 Å². The van der Waals surface area contributed by atoms with Crippen molar-refractivity contribution in [2.45, 2.75) is 58.0 Å². The standard InChI is InChI=1S/C16H22N6O/c1-16(2,3)12-8-11(17-18-12)15(23)21-6-7-22-13(9-21)19-20-14(22)10-4-5-10/h8,10H,4-7,9H2,1-3H3,(H,17,18). The van der Waals surface area contributed by atoms with Crippen LogP contribution in [0.4, 0.5) is 0 Å². The van der Waals surface area contributed by atoms with Crippen LogP contribution in [0.25, 0.3) is 0 Å². The van der Waals surface area contributed by atoms with Crippen LogP contribution in [0.2, 0.25) is 0 Å². The van der Waals surface area contributed by atoms with E-state index in [0.29, 0.717) is 24.7 Å². The van der Waals surface area contributed by atoms with Crippen LogP contribution in [0.1, 0.15) is 67.4 Å². The SMILES string of the molecule is CC(C)(C)c1cc(C(=O)N2CCn3c(nnc3C3CC3)C2)n[nH]1. The van der Waals surface area contributed by atoms with Crippen LogP contribution >= 0.6 is 0 Å². The predicted molar refractivity (Wildman–Crippen MR) is 84.0 cm³/mol. The summed E-state index contributed by atoms with van der Waals surface area (Å²) in [6, 6.07) is 1.86. The van der Waals surface area contributed by atoms with Crippen molar-refractivity contribution in [1.82, 2.24) is 29.9 Å². The maximum Gasteiger partial charge on any atom is 0.274 e. The van der Waals surface area contributed by atoms with Crippen molar-refractivity contribution in [2.24, 2.45) is 0 Å². The van der Waals surface area contributed by atoms with Gasteiger partial charge >= 0.3 is 0 Å². The molecule has 0 aromatic carbocycles. The fourth-order valence-electron chi connectivity index (χ4n) is 2.97. The van der Waals surface area contributed by atoms with Gasteiger partial charge in [-0.25, -0.2) is 0 Å². The van der Waals surface area contributed by atoms with Gasteiger partial charge in [-0.3, -0.25) is 9.89 Å². The minimum atomic E-state index is -0.0488. The molecule has 2 aliphatic rings. The number of carbonyl (C=O) groups excluding carboxylic acids is 1. The predicted octanol–water partition coefficient (Wildman–Crippen LogP) is 1.83. The van der Waals surface area contributed by atoms with Crippen LogP contribution < -0.4 is 0 Å². The van der Waals surface area contributed by atoms with Crippen molar-refractivity contribution < 1.29 is 4.79 Å². The molecular weight excluding hydrogens is 292 g/mol. The number of hydrogen-bond donors (Lipinski definition) is 1. The largest absolute Gasteiger partial charge is 0.328 e. The van der Waals surface area contributed by atoms with Crippen molar-refractivity contribution in [2.75, 3.05) is 6.54 Å². The summed E-state index contributed by atoms with van der Waals surface area (Å²) in [4.78, 5) is 14.5. The van der Waals surface area contributed by atoms with Gasteiger partial charge in [-0.2, -0.15) is 5.10 Å². The molecule has 0 radical (unpaired) electrons. The molecule has 1 amide bonds. The molecule has 1 fully saturated rings. The highest BCUT2D eigenvalue weighted by atomic mass is 16.2. The number of H-pyrrole nitrogens is 1. The Hall–Kier alpha value is -2.18. The molecule has 1 aliphatic heterocycles. The van der Waals surface area contributed by atoms with E-state index in [9.17, 15) is 4.79 Å². The zero-order valence-electron chi connectivity index (χ0n) is 13.8. The fraction of sp³-hybridized carbons (Fsp3) is 0.625. The number of nitrogens with zero attached hydrogens (tertiary/aromatic N) is 5. The Balaban J connectivity index is 1.52. The Morgan fingerprint density at radius 2 is 2.04 bits per heavy atom. The van der Waals surface area contributed by atoms with Crippen molar-refractivity contribution in [3.8, 4) is 0 Å². The molecule has 2 aromatic rings. The molecule has 0 spiro atoms. The molecule has 0 atom stereocenters. The van der Waals surface area contributed by atoms with Crippen molar-refractivity contribution in [1.29, 1.82) is 0 Å². The molecule has 0 unspecified atom stereocenters. The van der Waals surface area contributed by atoms with E-state index >= 15 is 0 Å². The summed E-state index contributed by atoms with van der Waals surface area (Å²) >= 11 is 0. The first kappa shape index (κ1) is 14.4. The number of rotatable bonds is 2. The van der Waals surface area contributed by atoms with Gasteiger partial charge in [0.2, 0.25) is 0 Å². The zero-order chi connectivity index (χ0) is 16.2. The Labute approximate surface area is 135 Å². The number of hydrogen-bond acceptors (Lipinski definition) is 4. The van der Waals surface area contributed by atoms with Gasteiger partial charge in [0.15, 0.2) is 5.82 Å². The van der Waals surface area contributed by atoms with Gasteiger partial charge in [-0.05, 0) is 18.9 Å². The normalized spacial score (nSPS) is 18.1. The average molecular weight is 314 g/mol. The first-order valence-electron chi connectivity index (χ1n) is 8.20. The van der Waals surface area contributed by atoms with E-state index in [2.05, 4.69) is 45.7 Å². The summed E-state index contributed by atoms with van der Waals surface area (Å²) in [5.41, 5.74) is 1.40. The topological polar surface area (TPSA) is 79.7 Å². The van der Waals surface area contributed by atoms with E-state index in [-0.39, 0.29) is 11.3 Å². The van der Waals surface area contributed by atoms with Gasteiger partial charge in [0.1, 0.15) is 11.5 Å². The summed E-state index contributed by atoms with van der Waals surface area (Å²) < 4.78 is 2.19. The average Bonchev–Trinajstić information content (AvgIpc) is 3.07. The second kappa shape index (κ2) is 4.91. The van der Waals surface area contributed by atoms with Gasteiger partial charge < -0.3 is 9.47 Å². The van der Waals surface area contributed by atoms with Crippen LogP contribution in [0.3, 0.4) is 0 Å². The van der Waals surface area contributed by atoms with Crippen molar-refractivity contribution in [3.05, 3.63) is 29.1 Å². The molecule has 3 heterocycles. The third kappa shape index (κ3) is 2.54. The van der Waals surface area contributed by atoms with Gasteiger partial charge in [0.05, 0.1) is 6.54 Å². The van der Waals surface area contributed by atoms with Gasteiger partial charge in [-0.15, -0.1) is 10.2 Å². The summed E-state index contributed by atoms with van der Waals surface area (Å²) in [5, 5.41) is 15.8. The molecule has 122 valence electrons. The highest BCUT2D eigenvalue weighted by molar-refractivity contribution is 5.92. The molecule has 23 heavy (non-hydrogen) atoms. The number of carbonyl (C=O) groups is 1. The van der Waals surface area contributed by atoms with Gasteiger partial charge in [-0.1, -0.05) is 20.8 Å². The maximum atomic E-state index is 12.7. The zero-order valence-corrected chi connectivity index (χ0v) is 13.8. The minimum absolute atomic E-state index is 0.0426. The lowest BCUT2D eigenvalue weighted by molar-refractivity contribution is 0.0700. The Bertz CT molecular complexity index is 749. The lowest BCUT2D eigenvalue weighted by Gasteiger charge is -2.27. The summed E-state index contributed by atoms with van der Waals surface area (Å²) in [5.74, 6) is 2.53. The van der Waals surface area contributed by atoms with E-state index in [1.54, 1.807) is 0 Å². The maximum absolute atomic E-state index is 12.7. The highest BCUT2D eigenvalue weighted by Crippen LogP contribution is 2.39. The molecule has 0 saturated heterocycles. The Morgan fingerprint density at radius 1 is 1.26 bits per heavy atom. The molecule has 1 aliphatic carbocycles. The third-order valence-electron chi connectivity index (χ3n) is 4.62. The molecule has 7 heteroatoms. The second-order valence-electron chi connectivity index (χ2n) is 7.54. The molecule has 7 nitrogen and oxygen atoms in total. The molecular formula is C16H22N6O. The first-order valence-corrected chi connectivity index (χ1v) is 8.20. The number of nitrogens with one attached hydrogen (secondary N) is 1. The first-order chi connectivity index (χ1) is 10.9. The van der Waals surface area contributed by atoms with E-state index in [1.807, 2.05) is 11.0 Å². The van der Waals surface area contributed by atoms with Crippen LogP contribution in [0.5, 0.6) is 0 Å². The minimum Gasteiger partial charge on any atom is -0.328 e. The second-order valence-corrected chi connectivity index (χ2v) is 7.54. The number of aromatic nitrogens is 5. The van der Waals surface area contributed by atoms with E-state index in [0.717, 1.165) is 23.9 Å². The quantitative estimate of drug-likeness (QED) is 0.917. The molecule has 1 N–H and O–H groups in total. The lowest BCUT2D eigenvalue weighted by Crippen LogP contribution is -2.39. The number of fused-ring (bicyclic) bond motifs is 1. The van der Waals surface area contributed by atoms with Crippen LogP contribution in [-0.4, -0.2) is 42.3 Å². The van der Waals surface area contributed by atoms with E-state index in [4.69, 9.17) is 0 Å². The molecule has 2 aromatic heterocycles. The van der Waals surface area contributed by atoms with Crippen LogP contribution in [0.15, 0.2) is 6.07 Å². The summed E-state index contributed by atoms with van der Waals surface area (Å²) in [6.07, 6.45) is 2.42. The Morgan fingerprint density at radius 3 is 2.70 bits per heavy atom. The summed E-state index contributed by atoms with van der Waals surface area (Å²) in [6.45, 7) is 8.25. The highest BCUT2D eigenvalue weighted by Gasteiger charge is 2.33. The lowest BCUT2D eigenvalue weighted by atomic mass is 9.92. The Kier molecular flexibility index (Phi) is 3.08. The monoisotopic (exact) mass is 314 g/mol. The molecule has 4 rings (SSSR count). The number of aromatic amines is 1. The van der Waals surface area contributed by atoms with Crippen LogP contribution in [0, 0.1) is 0 Å². The van der Waals surface area contributed by atoms with E-state index in [1.165, 1.54) is 12.8 Å². The smallest absolute Gasteiger partial charge is 0.274 e. The third-order valence-corrected chi connectivity index (χ3v) is 4.62. The summed E-state index contributed by atoms with van der Waals surface area (Å²) in [7, 11) is 0. The van der Waals surface area contributed by atoms with Crippen molar-refractivity contribution in [3.63, 3.8) is 0 Å². The van der Waals surface area contributed by atoms with Gasteiger partial charge in [0.25, 0.3) is 5.91 Å². The fourth-order valence-corrected chi connectivity index (χ4v) is 2.97. The van der Waals surface area contributed by atoms with Crippen molar-refractivity contribution >= 4 is 5.91 Å². The van der Waals surface area contributed by atoms with E-state index < -0.39 is 0 Å². The number of amides is 1. The molecule has 1 saturated carbocycles. The molecule has 0 bridgehead atoms.